The van der Waals surface area contributed by atoms with E-state index in [-0.39, 0.29) is 31.4 Å². The number of nitrogens with one attached hydrogen (secondary N) is 1. The zero-order valence-electron chi connectivity index (χ0n) is 13.7. The van der Waals surface area contributed by atoms with Gasteiger partial charge in [0, 0.05) is 12.1 Å². The van der Waals surface area contributed by atoms with Crippen LogP contribution in [0.2, 0.25) is 0 Å². The molecule has 1 N–H and O–H groups in total. The van der Waals surface area contributed by atoms with Gasteiger partial charge in [-0.25, -0.2) is 4.98 Å². The molecule has 0 saturated heterocycles. The SMILES string of the molecule is O=C(COCc1nc2ccccc2s1)NCc1ccccc1OC(F)F. The van der Waals surface area contributed by atoms with Crippen LogP contribution in [0.4, 0.5) is 8.78 Å². The van der Waals surface area contributed by atoms with Gasteiger partial charge >= 0.3 is 6.61 Å². The Bertz CT molecular complexity index is 853. The lowest BCUT2D eigenvalue weighted by molar-refractivity contribution is -0.126. The molecule has 0 saturated carbocycles. The van der Waals surface area contributed by atoms with E-state index in [1.165, 1.54) is 17.4 Å². The Morgan fingerprint density at radius 1 is 1.15 bits per heavy atom. The molecule has 0 unspecified atom stereocenters. The van der Waals surface area contributed by atoms with Crippen molar-refractivity contribution >= 4 is 27.5 Å². The molecule has 5 nitrogen and oxygen atoms in total. The summed E-state index contributed by atoms with van der Waals surface area (Å²) in [6, 6.07) is 14.1. The van der Waals surface area contributed by atoms with Gasteiger partial charge in [0.25, 0.3) is 0 Å². The maximum absolute atomic E-state index is 12.4. The Kier molecular flexibility index (Phi) is 6.08. The van der Waals surface area contributed by atoms with Crippen LogP contribution in [0.1, 0.15) is 10.6 Å². The smallest absolute Gasteiger partial charge is 0.387 e. The molecule has 0 aliphatic rings. The largest absolute Gasteiger partial charge is 0.434 e. The monoisotopic (exact) mass is 378 g/mol. The fourth-order valence-corrected chi connectivity index (χ4v) is 3.22. The third-order valence-corrected chi connectivity index (χ3v) is 4.47. The first-order valence-electron chi connectivity index (χ1n) is 7.83. The van der Waals surface area contributed by atoms with Crippen LogP contribution in [0.15, 0.2) is 48.5 Å². The first-order valence-corrected chi connectivity index (χ1v) is 8.65. The molecule has 0 aliphatic carbocycles. The first-order chi connectivity index (χ1) is 12.6. The number of rotatable bonds is 8. The molecule has 0 spiro atoms. The van der Waals surface area contributed by atoms with Gasteiger partial charge in [-0.15, -0.1) is 11.3 Å². The zero-order chi connectivity index (χ0) is 18.4. The van der Waals surface area contributed by atoms with Crippen molar-refractivity contribution in [1.29, 1.82) is 0 Å². The molecule has 2 aromatic carbocycles. The van der Waals surface area contributed by atoms with Crippen molar-refractivity contribution in [3.8, 4) is 5.75 Å². The van der Waals surface area contributed by atoms with Crippen molar-refractivity contribution in [2.24, 2.45) is 0 Å². The van der Waals surface area contributed by atoms with Crippen molar-refractivity contribution in [3.05, 3.63) is 59.1 Å². The number of hydrogen-bond donors (Lipinski definition) is 1. The zero-order valence-corrected chi connectivity index (χ0v) is 14.5. The standard InChI is InChI=1S/C18H16F2N2O3S/c19-18(20)25-14-7-3-1-5-12(14)9-21-16(23)10-24-11-17-22-13-6-2-4-8-15(13)26-17/h1-8,18H,9-11H2,(H,21,23). The van der Waals surface area contributed by atoms with E-state index in [0.29, 0.717) is 5.56 Å². The quantitative estimate of drug-likeness (QED) is 0.649. The van der Waals surface area contributed by atoms with E-state index < -0.39 is 6.61 Å². The van der Waals surface area contributed by atoms with E-state index in [9.17, 15) is 13.6 Å². The summed E-state index contributed by atoms with van der Waals surface area (Å²) in [4.78, 5) is 16.3. The van der Waals surface area contributed by atoms with Gasteiger partial charge in [-0.2, -0.15) is 8.78 Å². The molecule has 0 radical (unpaired) electrons. The van der Waals surface area contributed by atoms with E-state index in [4.69, 9.17) is 4.74 Å². The van der Waals surface area contributed by atoms with Crippen LogP contribution < -0.4 is 10.1 Å². The summed E-state index contributed by atoms with van der Waals surface area (Å²) in [5, 5.41) is 3.41. The number of benzene rings is 2. The van der Waals surface area contributed by atoms with Crippen molar-refractivity contribution in [1.82, 2.24) is 10.3 Å². The summed E-state index contributed by atoms with van der Waals surface area (Å²) < 4.78 is 35.6. The van der Waals surface area contributed by atoms with Crippen molar-refractivity contribution in [2.75, 3.05) is 6.61 Å². The minimum Gasteiger partial charge on any atom is -0.434 e. The molecule has 1 heterocycles. The van der Waals surface area contributed by atoms with E-state index in [2.05, 4.69) is 15.0 Å². The number of hydrogen-bond acceptors (Lipinski definition) is 5. The Labute approximate surface area is 152 Å². The van der Waals surface area contributed by atoms with Crippen molar-refractivity contribution < 1.29 is 23.0 Å². The van der Waals surface area contributed by atoms with E-state index >= 15 is 0 Å². The fourth-order valence-electron chi connectivity index (χ4n) is 2.32. The average molecular weight is 378 g/mol. The van der Waals surface area contributed by atoms with E-state index in [1.54, 1.807) is 18.2 Å². The molecule has 0 atom stereocenters. The molecule has 3 aromatic rings. The van der Waals surface area contributed by atoms with Crippen molar-refractivity contribution in [3.63, 3.8) is 0 Å². The minimum atomic E-state index is -2.91. The van der Waals surface area contributed by atoms with Gasteiger partial charge < -0.3 is 14.8 Å². The van der Waals surface area contributed by atoms with Crippen LogP contribution in [0.5, 0.6) is 5.75 Å². The molecule has 0 bridgehead atoms. The molecule has 1 aromatic heterocycles. The number of fused-ring (bicyclic) bond motifs is 1. The molecule has 26 heavy (non-hydrogen) atoms. The second kappa shape index (κ2) is 8.68. The van der Waals surface area contributed by atoms with Gasteiger partial charge in [-0.3, -0.25) is 4.79 Å². The average Bonchev–Trinajstić information content (AvgIpc) is 3.03. The molecule has 3 rings (SSSR count). The van der Waals surface area contributed by atoms with Gasteiger partial charge in [0.2, 0.25) is 5.91 Å². The highest BCUT2D eigenvalue weighted by Gasteiger charge is 2.10. The molecular formula is C18H16F2N2O3S. The second-order valence-corrected chi connectivity index (χ2v) is 6.45. The molecule has 8 heteroatoms. The summed E-state index contributed by atoms with van der Waals surface area (Å²) in [6.45, 7) is -2.75. The Hall–Kier alpha value is -2.58. The Morgan fingerprint density at radius 2 is 1.92 bits per heavy atom. The minimum absolute atomic E-state index is 0.0400. The van der Waals surface area contributed by atoms with Gasteiger partial charge in [0.05, 0.1) is 16.8 Å². The molecule has 0 fully saturated rings. The highest BCUT2D eigenvalue weighted by molar-refractivity contribution is 7.18. The molecular weight excluding hydrogens is 362 g/mol. The van der Waals surface area contributed by atoms with Crippen LogP contribution in [-0.2, 0) is 22.7 Å². The lowest BCUT2D eigenvalue weighted by Crippen LogP contribution is -2.27. The Balaban J connectivity index is 1.46. The molecule has 1 amide bonds. The third kappa shape index (κ3) is 4.96. The predicted molar refractivity (Wildman–Crippen MR) is 94.2 cm³/mol. The van der Waals surface area contributed by atoms with Crippen LogP contribution in [0.3, 0.4) is 0 Å². The number of ether oxygens (including phenoxy) is 2. The summed E-state index contributed by atoms with van der Waals surface area (Å²) in [6.07, 6.45) is 0. The van der Waals surface area contributed by atoms with Crippen LogP contribution in [-0.4, -0.2) is 24.1 Å². The lowest BCUT2D eigenvalue weighted by Gasteiger charge is -2.11. The fraction of sp³-hybridized carbons (Fsp3) is 0.222. The number of carbonyl (C=O) groups excluding carboxylic acids is 1. The first kappa shape index (κ1) is 18.2. The third-order valence-electron chi connectivity index (χ3n) is 3.46. The van der Waals surface area contributed by atoms with Crippen molar-refractivity contribution in [2.45, 2.75) is 19.8 Å². The van der Waals surface area contributed by atoms with Crippen LogP contribution in [0.25, 0.3) is 10.2 Å². The topological polar surface area (TPSA) is 60.5 Å². The summed E-state index contributed by atoms with van der Waals surface area (Å²) in [7, 11) is 0. The Morgan fingerprint density at radius 3 is 2.73 bits per heavy atom. The predicted octanol–water partition coefficient (Wildman–Crippen LogP) is 3.73. The lowest BCUT2D eigenvalue weighted by atomic mass is 10.2. The van der Waals surface area contributed by atoms with E-state index in [0.717, 1.165) is 15.2 Å². The second-order valence-electron chi connectivity index (χ2n) is 5.33. The number of halogens is 2. The number of alkyl halides is 2. The maximum Gasteiger partial charge on any atom is 0.387 e. The highest BCUT2D eigenvalue weighted by atomic mass is 32.1. The number of nitrogens with zero attached hydrogens (tertiary/aromatic N) is 1. The number of amides is 1. The van der Waals surface area contributed by atoms with E-state index in [1.807, 2.05) is 24.3 Å². The number of para-hydroxylation sites is 2. The molecule has 136 valence electrons. The summed E-state index contributed by atoms with van der Waals surface area (Å²) in [5.41, 5.74) is 1.36. The van der Waals surface area contributed by atoms with Gasteiger partial charge in [0.1, 0.15) is 17.4 Å². The maximum atomic E-state index is 12.4. The number of carbonyl (C=O) groups is 1. The van der Waals surface area contributed by atoms with Gasteiger partial charge in [0.15, 0.2) is 0 Å². The number of thiazole rings is 1. The van der Waals surface area contributed by atoms with Gasteiger partial charge in [-0.1, -0.05) is 30.3 Å². The van der Waals surface area contributed by atoms with Gasteiger partial charge in [-0.05, 0) is 18.2 Å². The van der Waals surface area contributed by atoms with Crippen LogP contribution >= 0.6 is 11.3 Å². The normalized spacial score (nSPS) is 11.0. The molecule has 0 aliphatic heterocycles. The number of aromatic nitrogens is 1. The van der Waals surface area contributed by atoms with Crippen LogP contribution in [0, 0.1) is 0 Å². The highest BCUT2D eigenvalue weighted by Crippen LogP contribution is 2.22. The summed E-state index contributed by atoms with van der Waals surface area (Å²) >= 11 is 1.51. The summed E-state index contributed by atoms with van der Waals surface area (Å²) in [5.74, 6) is -0.309.